The Hall–Kier alpha value is -2.19. The van der Waals surface area contributed by atoms with Gasteiger partial charge in [-0.05, 0) is 31.4 Å². The summed E-state index contributed by atoms with van der Waals surface area (Å²) < 4.78 is 32.2. The number of rotatable bonds is 4. The molecule has 1 atom stereocenters. The van der Waals surface area contributed by atoms with E-state index in [9.17, 15) is 18.3 Å². The van der Waals surface area contributed by atoms with Gasteiger partial charge in [0.15, 0.2) is 5.76 Å². The van der Waals surface area contributed by atoms with Gasteiger partial charge in [0, 0.05) is 18.2 Å². The number of carboxylic acids is 1. The average molecular weight is 336 g/mol. The van der Waals surface area contributed by atoms with Crippen LogP contribution in [0.15, 0.2) is 45.9 Å². The molecule has 0 aliphatic carbocycles. The number of aromatic nitrogens is 1. The van der Waals surface area contributed by atoms with Gasteiger partial charge in [-0.15, -0.1) is 0 Å². The van der Waals surface area contributed by atoms with Crippen LogP contribution in [-0.2, 0) is 14.8 Å². The molecule has 8 heteroatoms. The SMILES string of the molecule is O=C(O)C1CCCCN1S(=O)(=O)c1ccccc1-c1ccno1. The fraction of sp³-hybridized carbons (Fsp3) is 0.333. The number of carboxylic acid groups (broad SMARTS) is 1. The maximum Gasteiger partial charge on any atom is 0.322 e. The minimum absolute atomic E-state index is 0.0323. The monoisotopic (exact) mass is 336 g/mol. The molecule has 1 aliphatic heterocycles. The highest BCUT2D eigenvalue weighted by Gasteiger charge is 2.38. The number of aliphatic carboxylic acids is 1. The Morgan fingerprint density at radius 2 is 2.04 bits per heavy atom. The second-order valence-electron chi connectivity index (χ2n) is 5.34. The molecule has 0 radical (unpaired) electrons. The molecule has 7 nitrogen and oxygen atoms in total. The third-order valence-electron chi connectivity index (χ3n) is 3.92. The van der Waals surface area contributed by atoms with Gasteiger partial charge in [0.2, 0.25) is 10.0 Å². The number of nitrogens with zero attached hydrogens (tertiary/aromatic N) is 2. The molecule has 1 aromatic carbocycles. The molecule has 1 N–H and O–H groups in total. The highest BCUT2D eigenvalue weighted by molar-refractivity contribution is 7.89. The maximum absolute atomic E-state index is 13.0. The zero-order chi connectivity index (χ0) is 16.4. The second kappa shape index (κ2) is 6.13. The molecule has 2 heterocycles. The first-order valence-corrected chi connectivity index (χ1v) is 8.70. The predicted molar refractivity (Wildman–Crippen MR) is 81.1 cm³/mol. The summed E-state index contributed by atoms with van der Waals surface area (Å²) in [5.41, 5.74) is 0.375. The fourth-order valence-corrected chi connectivity index (χ4v) is 4.67. The molecule has 3 rings (SSSR count). The first kappa shape index (κ1) is 15.7. The topological polar surface area (TPSA) is 101 Å². The third kappa shape index (κ3) is 2.87. The van der Waals surface area contributed by atoms with Crippen molar-refractivity contribution in [2.75, 3.05) is 6.54 Å². The van der Waals surface area contributed by atoms with Crippen molar-refractivity contribution in [2.45, 2.75) is 30.2 Å². The van der Waals surface area contributed by atoms with Gasteiger partial charge >= 0.3 is 5.97 Å². The van der Waals surface area contributed by atoms with E-state index >= 15 is 0 Å². The van der Waals surface area contributed by atoms with Gasteiger partial charge in [-0.2, -0.15) is 4.31 Å². The Morgan fingerprint density at radius 1 is 1.26 bits per heavy atom. The number of sulfonamides is 1. The van der Waals surface area contributed by atoms with Crippen LogP contribution >= 0.6 is 0 Å². The van der Waals surface area contributed by atoms with E-state index in [0.717, 1.165) is 4.31 Å². The second-order valence-corrected chi connectivity index (χ2v) is 7.20. The molecule has 23 heavy (non-hydrogen) atoms. The zero-order valence-electron chi connectivity index (χ0n) is 12.3. The lowest BCUT2D eigenvalue weighted by molar-refractivity contribution is -0.142. The van der Waals surface area contributed by atoms with Crippen LogP contribution in [0.5, 0.6) is 0 Å². The van der Waals surface area contributed by atoms with Crippen LogP contribution in [0.1, 0.15) is 19.3 Å². The average Bonchev–Trinajstić information content (AvgIpc) is 3.09. The van der Waals surface area contributed by atoms with Crippen LogP contribution in [-0.4, -0.2) is 41.5 Å². The predicted octanol–water partition coefficient (Wildman–Crippen LogP) is 1.97. The number of benzene rings is 1. The number of piperidine rings is 1. The van der Waals surface area contributed by atoms with Crippen LogP contribution in [0.3, 0.4) is 0 Å². The van der Waals surface area contributed by atoms with Crippen molar-refractivity contribution < 1.29 is 22.8 Å². The van der Waals surface area contributed by atoms with E-state index in [2.05, 4.69) is 5.16 Å². The van der Waals surface area contributed by atoms with Crippen LogP contribution < -0.4 is 0 Å². The molecule has 122 valence electrons. The van der Waals surface area contributed by atoms with Gasteiger partial charge in [-0.1, -0.05) is 17.3 Å². The molecule has 1 aliphatic rings. The quantitative estimate of drug-likeness (QED) is 0.916. The highest BCUT2D eigenvalue weighted by Crippen LogP contribution is 2.32. The van der Waals surface area contributed by atoms with Crippen molar-refractivity contribution >= 4 is 16.0 Å². The molecule has 0 amide bonds. The standard InChI is InChI=1S/C15H16N2O5S/c18-15(19)12-6-3-4-10-17(12)23(20,21)14-7-2-1-5-11(14)13-8-9-16-22-13/h1-2,5,7-9,12H,3-4,6,10H2,(H,18,19). The normalized spacial score (nSPS) is 19.6. The van der Waals surface area contributed by atoms with Crippen molar-refractivity contribution in [2.24, 2.45) is 0 Å². The lowest BCUT2D eigenvalue weighted by atomic mass is 10.1. The van der Waals surface area contributed by atoms with Crippen molar-refractivity contribution in [1.82, 2.24) is 9.46 Å². The third-order valence-corrected chi connectivity index (χ3v) is 5.88. The van der Waals surface area contributed by atoms with Crippen molar-refractivity contribution in [3.8, 4) is 11.3 Å². The molecule has 1 aromatic heterocycles. The van der Waals surface area contributed by atoms with Gasteiger partial charge in [-0.25, -0.2) is 8.42 Å². The molecule has 2 aromatic rings. The maximum atomic E-state index is 13.0. The van der Waals surface area contributed by atoms with E-state index in [-0.39, 0.29) is 11.4 Å². The van der Waals surface area contributed by atoms with E-state index in [1.54, 1.807) is 24.3 Å². The highest BCUT2D eigenvalue weighted by atomic mass is 32.2. The van der Waals surface area contributed by atoms with E-state index in [4.69, 9.17) is 4.52 Å². The summed E-state index contributed by atoms with van der Waals surface area (Å²) in [6.07, 6.45) is 3.10. The fourth-order valence-electron chi connectivity index (χ4n) is 2.82. The first-order valence-electron chi connectivity index (χ1n) is 7.26. The van der Waals surface area contributed by atoms with Gasteiger partial charge in [0.25, 0.3) is 0 Å². The summed E-state index contributed by atoms with van der Waals surface area (Å²) in [5.74, 6) is -0.793. The summed E-state index contributed by atoms with van der Waals surface area (Å²) in [5, 5.41) is 12.9. The van der Waals surface area contributed by atoms with E-state index in [1.165, 1.54) is 12.3 Å². The summed E-state index contributed by atoms with van der Waals surface area (Å²) >= 11 is 0. The van der Waals surface area contributed by atoms with Gasteiger partial charge in [0.1, 0.15) is 6.04 Å². The smallest absolute Gasteiger partial charge is 0.322 e. The largest absolute Gasteiger partial charge is 0.480 e. The molecule has 1 saturated heterocycles. The van der Waals surface area contributed by atoms with Crippen molar-refractivity contribution in [1.29, 1.82) is 0 Å². The Morgan fingerprint density at radius 3 is 2.74 bits per heavy atom. The molecule has 0 bridgehead atoms. The Kier molecular flexibility index (Phi) is 4.18. The lowest BCUT2D eigenvalue weighted by Crippen LogP contribution is -2.47. The number of hydrogen-bond acceptors (Lipinski definition) is 5. The van der Waals surface area contributed by atoms with E-state index in [0.29, 0.717) is 30.6 Å². The van der Waals surface area contributed by atoms with E-state index < -0.39 is 22.0 Å². The van der Waals surface area contributed by atoms with Crippen LogP contribution in [0, 0.1) is 0 Å². The summed E-state index contributed by atoms with van der Waals surface area (Å²) in [7, 11) is -3.95. The van der Waals surface area contributed by atoms with Crippen molar-refractivity contribution in [3.05, 3.63) is 36.5 Å². The Labute approximate surface area is 133 Å². The molecular weight excluding hydrogens is 320 g/mol. The minimum atomic E-state index is -3.95. The van der Waals surface area contributed by atoms with Crippen molar-refractivity contribution in [3.63, 3.8) is 0 Å². The molecule has 1 fully saturated rings. The molecule has 0 spiro atoms. The van der Waals surface area contributed by atoms with Crippen LogP contribution in [0.2, 0.25) is 0 Å². The summed E-state index contributed by atoms with van der Waals surface area (Å²) in [6.45, 7) is 0.198. The van der Waals surface area contributed by atoms with Gasteiger partial charge < -0.3 is 9.63 Å². The summed E-state index contributed by atoms with van der Waals surface area (Å²) in [6, 6.07) is 6.91. The number of carbonyl (C=O) groups is 1. The van der Waals surface area contributed by atoms with E-state index in [1.807, 2.05) is 0 Å². The zero-order valence-corrected chi connectivity index (χ0v) is 13.1. The van der Waals surface area contributed by atoms with Crippen LogP contribution in [0.25, 0.3) is 11.3 Å². The Balaban J connectivity index is 2.08. The molecule has 1 unspecified atom stereocenters. The lowest BCUT2D eigenvalue weighted by Gasteiger charge is -2.32. The number of hydrogen-bond donors (Lipinski definition) is 1. The molecule has 0 saturated carbocycles. The molecular formula is C15H16N2O5S. The van der Waals surface area contributed by atoms with Gasteiger partial charge in [0.05, 0.1) is 11.1 Å². The van der Waals surface area contributed by atoms with Crippen LogP contribution in [0.4, 0.5) is 0 Å². The Bertz CT molecular complexity index is 801. The minimum Gasteiger partial charge on any atom is -0.480 e. The first-order chi connectivity index (χ1) is 11.0. The summed E-state index contributed by atoms with van der Waals surface area (Å²) in [4.78, 5) is 11.5. The van der Waals surface area contributed by atoms with Gasteiger partial charge in [-0.3, -0.25) is 4.79 Å².